The van der Waals surface area contributed by atoms with Gasteiger partial charge in [-0.15, -0.1) is 23.1 Å². The zero-order valence-corrected chi connectivity index (χ0v) is 19.8. The van der Waals surface area contributed by atoms with Crippen LogP contribution in [0, 0.1) is 11.8 Å². The van der Waals surface area contributed by atoms with Gasteiger partial charge in [-0.1, -0.05) is 6.92 Å². The smallest absolute Gasteiger partial charge is 0.353 e. The van der Waals surface area contributed by atoms with Crippen LogP contribution in [0.5, 0.6) is 0 Å². The van der Waals surface area contributed by atoms with Gasteiger partial charge in [0.2, 0.25) is 5.91 Å². The van der Waals surface area contributed by atoms with Gasteiger partial charge in [0, 0.05) is 41.6 Å². The van der Waals surface area contributed by atoms with E-state index in [1.807, 2.05) is 11.8 Å². The third-order valence-electron chi connectivity index (χ3n) is 6.15. The van der Waals surface area contributed by atoms with Crippen LogP contribution in [0.4, 0.5) is 5.13 Å². The summed E-state index contributed by atoms with van der Waals surface area (Å²) in [6, 6.07) is -0.336. The molecule has 178 valence electrons. The number of anilines is 1. The van der Waals surface area contributed by atoms with Crippen molar-refractivity contribution in [1.29, 1.82) is 0 Å². The molecular weight excluding hydrogens is 472 g/mol. The highest BCUT2D eigenvalue weighted by Crippen LogP contribution is 2.52. The summed E-state index contributed by atoms with van der Waals surface area (Å²) < 4.78 is 0. The van der Waals surface area contributed by atoms with Gasteiger partial charge in [-0.2, -0.15) is 0 Å². The van der Waals surface area contributed by atoms with Gasteiger partial charge in [-0.25, -0.2) is 9.78 Å². The first-order chi connectivity index (χ1) is 15.5. The molecule has 33 heavy (non-hydrogen) atoms. The molecule has 2 amide bonds. The fraction of sp³-hybridized carbons (Fsp3) is 0.550. The second kappa shape index (κ2) is 8.61. The Labute approximate surface area is 197 Å². The van der Waals surface area contributed by atoms with E-state index in [9.17, 15) is 29.4 Å². The Bertz CT molecular complexity index is 1050. The molecule has 0 unspecified atom stereocenters. The van der Waals surface area contributed by atoms with Gasteiger partial charge in [0.25, 0.3) is 5.91 Å². The zero-order chi connectivity index (χ0) is 24.2. The van der Waals surface area contributed by atoms with Crippen molar-refractivity contribution in [1.82, 2.24) is 14.8 Å². The van der Waals surface area contributed by atoms with E-state index in [4.69, 9.17) is 5.11 Å². The Kier molecular flexibility index (Phi) is 6.14. The molecule has 4 rings (SSSR count). The van der Waals surface area contributed by atoms with E-state index in [2.05, 4.69) is 4.98 Å². The number of thioether (sulfide) groups is 1. The van der Waals surface area contributed by atoms with Crippen molar-refractivity contribution in [2.45, 2.75) is 31.2 Å². The highest BCUT2D eigenvalue weighted by atomic mass is 32.2. The first-order valence-corrected chi connectivity index (χ1v) is 12.1. The second-order valence-corrected chi connectivity index (χ2v) is 10.7. The number of hydrogen-bond acceptors (Lipinski definition) is 9. The molecule has 0 spiro atoms. The Morgan fingerprint density at radius 1 is 1.33 bits per heavy atom. The summed E-state index contributed by atoms with van der Waals surface area (Å²) in [5.74, 6) is -3.83. The largest absolute Gasteiger partial charge is 0.480 e. The quantitative estimate of drug-likeness (QED) is 0.431. The first kappa shape index (κ1) is 23.5. The molecule has 1 aromatic rings. The van der Waals surface area contributed by atoms with Crippen LogP contribution in [0.3, 0.4) is 0 Å². The molecule has 0 bridgehead atoms. The number of carbonyl (C=O) groups is 4. The lowest BCUT2D eigenvalue weighted by atomic mass is 9.79. The van der Waals surface area contributed by atoms with E-state index >= 15 is 0 Å². The number of likely N-dealkylation sites (N-methyl/N-ethyl adjacent to an activating group) is 1. The van der Waals surface area contributed by atoms with Crippen LogP contribution in [-0.4, -0.2) is 97.9 Å². The average Bonchev–Trinajstić information content (AvgIpc) is 3.25. The zero-order valence-electron chi connectivity index (χ0n) is 18.2. The maximum absolute atomic E-state index is 12.4. The number of fused-ring (bicyclic) bond motifs is 1. The van der Waals surface area contributed by atoms with E-state index in [-0.39, 0.29) is 34.5 Å². The number of amides is 2. The fourth-order valence-corrected chi connectivity index (χ4v) is 6.84. The Balaban J connectivity index is 1.40. The number of β-lactam (4-membered cyclic amide) rings is 1. The summed E-state index contributed by atoms with van der Waals surface area (Å²) in [7, 11) is 1.40. The van der Waals surface area contributed by atoms with Gasteiger partial charge in [0.1, 0.15) is 17.9 Å². The molecule has 4 atom stereocenters. The van der Waals surface area contributed by atoms with Gasteiger partial charge in [-0.3, -0.25) is 14.4 Å². The van der Waals surface area contributed by atoms with Crippen molar-refractivity contribution >= 4 is 52.0 Å². The summed E-state index contributed by atoms with van der Waals surface area (Å²) >= 11 is 2.73. The molecule has 0 aliphatic carbocycles. The normalized spacial score (nSPS) is 25.5. The predicted molar refractivity (Wildman–Crippen MR) is 120 cm³/mol. The Morgan fingerprint density at radius 3 is 2.58 bits per heavy atom. The first-order valence-electron chi connectivity index (χ1n) is 10.3. The lowest BCUT2D eigenvalue weighted by Crippen LogP contribution is -2.63. The number of thiazole rings is 1. The van der Waals surface area contributed by atoms with Gasteiger partial charge < -0.3 is 30.0 Å². The molecular formula is C20H24N4O7S2. The van der Waals surface area contributed by atoms with Crippen molar-refractivity contribution in [3.05, 3.63) is 21.7 Å². The van der Waals surface area contributed by atoms with Crippen LogP contribution in [0.2, 0.25) is 0 Å². The number of aliphatic hydroxyl groups is 1. The SMILES string of the molecule is C[C@@H](O)[C@H]1C(=O)N2C(C(=O)O)=C(SC3CN(c4nc(C(=O)N(C)CC(=O)O)cs4)C3)[C@H](C)[C@H]12. The molecule has 11 nitrogen and oxygen atoms in total. The summed E-state index contributed by atoms with van der Waals surface area (Å²) in [5.41, 5.74) is 0.198. The third kappa shape index (κ3) is 3.97. The van der Waals surface area contributed by atoms with Gasteiger partial charge in [-0.05, 0) is 6.92 Å². The van der Waals surface area contributed by atoms with E-state index in [0.29, 0.717) is 23.1 Å². The van der Waals surface area contributed by atoms with E-state index < -0.39 is 36.4 Å². The summed E-state index contributed by atoms with van der Waals surface area (Å²) in [5, 5.41) is 30.8. The molecule has 4 heterocycles. The lowest BCUT2D eigenvalue weighted by molar-refractivity contribution is -0.163. The topological polar surface area (TPSA) is 152 Å². The molecule has 0 saturated carbocycles. The summed E-state index contributed by atoms with van der Waals surface area (Å²) in [6.45, 7) is 4.22. The average molecular weight is 497 g/mol. The molecule has 13 heteroatoms. The summed E-state index contributed by atoms with van der Waals surface area (Å²) in [4.78, 5) is 56.8. The number of hydrogen-bond donors (Lipinski definition) is 3. The van der Waals surface area contributed by atoms with Gasteiger partial charge >= 0.3 is 11.9 Å². The number of aromatic nitrogens is 1. The number of aliphatic hydroxyl groups excluding tert-OH is 1. The minimum atomic E-state index is -1.14. The molecule has 2 saturated heterocycles. The van der Waals surface area contributed by atoms with Gasteiger partial charge in [0.15, 0.2) is 5.13 Å². The molecule has 3 aliphatic rings. The van der Waals surface area contributed by atoms with Crippen LogP contribution >= 0.6 is 23.1 Å². The minimum absolute atomic E-state index is 0.0152. The van der Waals surface area contributed by atoms with Crippen LogP contribution in [0.15, 0.2) is 16.0 Å². The number of nitrogens with zero attached hydrogens (tertiary/aromatic N) is 4. The monoisotopic (exact) mass is 496 g/mol. The van der Waals surface area contributed by atoms with E-state index in [1.165, 1.54) is 35.0 Å². The lowest BCUT2D eigenvalue weighted by Gasteiger charge is -2.46. The Hall–Kier alpha value is -2.64. The number of carbonyl (C=O) groups excluding carboxylic acids is 2. The maximum Gasteiger partial charge on any atom is 0.353 e. The standard InChI is InChI=1S/C20H24N4O7S2/c1-8-14-13(9(2)25)18(29)24(14)15(19(30)31)16(8)33-10-4-23(5-10)20-21-11(7-32-20)17(28)22(3)6-12(26)27/h7-10,13-14,25H,4-6H2,1-3H3,(H,26,27)(H,30,31)/t8-,9-,13-,14-/m1/s1. The molecule has 0 radical (unpaired) electrons. The van der Waals surface area contributed by atoms with Crippen molar-refractivity contribution in [3.8, 4) is 0 Å². The van der Waals surface area contributed by atoms with Crippen LogP contribution in [0.25, 0.3) is 0 Å². The van der Waals surface area contributed by atoms with Crippen molar-refractivity contribution in [3.63, 3.8) is 0 Å². The summed E-state index contributed by atoms with van der Waals surface area (Å²) in [6.07, 6.45) is -0.837. The number of carboxylic acids is 2. The van der Waals surface area contributed by atoms with Crippen molar-refractivity contribution in [2.75, 3.05) is 31.6 Å². The van der Waals surface area contributed by atoms with Crippen LogP contribution in [0.1, 0.15) is 24.3 Å². The predicted octanol–water partition coefficient (Wildman–Crippen LogP) is 0.375. The number of aliphatic carboxylic acids is 2. The van der Waals surface area contributed by atoms with E-state index in [1.54, 1.807) is 12.3 Å². The minimum Gasteiger partial charge on any atom is -0.480 e. The highest BCUT2D eigenvalue weighted by molar-refractivity contribution is 8.03. The van der Waals surface area contributed by atoms with Crippen molar-refractivity contribution in [2.24, 2.45) is 11.8 Å². The molecule has 0 aromatic carbocycles. The maximum atomic E-state index is 12.4. The Morgan fingerprint density at radius 2 is 2.00 bits per heavy atom. The highest BCUT2D eigenvalue weighted by Gasteiger charge is 2.60. The van der Waals surface area contributed by atoms with Gasteiger partial charge in [0.05, 0.1) is 18.1 Å². The molecule has 3 aliphatic heterocycles. The third-order valence-corrected chi connectivity index (χ3v) is 8.51. The molecule has 3 N–H and O–H groups in total. The fourth-order valence-electron chi connectivity index (χ4n) is 4.51. The number of carboxylic acid groups (broad SMARTS) is 2. The van der Waals surface area contributed by atoms with Crippen LogP contribution < -0.4 is 4.90 Å². The van der Waals surface area contributed by atoms with Crippen LogP contribution in [-0.2, 0) is 14.4 Å². The van der Waals surface area contributed by atoms with E-state index in [0.717, 1.165) is 4.90 Å². The number of rotatable bonds is 8. The molecule has 2 fully saturated rings. The molecule has 1 aromatic heterocycles. The second-order valence-electron chi connectivity index (χ2n) is 8.49. The van der Waals surface area contributed by atoms with Crippen molar-refractivity contribution < 1.29 is 34.5 Å².